The molecule has 0 aliphatic heterocycles. The SMILES string of the molecule is [B]C12CCCC3(C)CC(C)(CC3C1)C2. The van der Waals surface area contributed by atoms with Crippen molar-refractivity contribution in [1.82, 2.24) is 0 Å². The molecule has 0 amide bonds. The molecule has 3 aliphatic carbocycles. The predicted octanol–water partition coefficient (Wildman–Crippen LogP) is 3.71. The van der Waals surface area contributed by atoms with Crippen molar-refractivity contribution in [3.63, 3.8) is 0 Å². The first-order chi connectivity index (χ1) is 6.43. The van der Waals surface area contributed by atoms with Crippen LogP contribution in [0, 0.1) is 16.7 Å². The second-order valence-corrected chi connectivity index (χ2v) is 7.14. The minimum Gasteiger partial charge on any atom is -0.0653 e. The Kier molecular flexibility index (Phi) is 1.60. The van der Waals surface area contributed by atoms with Crippen LogP contribution in [-0.2, 0) is 0 Å². The summed E-state index contributed by atoms with van der Waals surface area (Å²) in [5, 5.41) is 0.214. The van der Waals surface area contributed by atoms with Gasteiger partial charge in [0, 0.05) is 0 Å². The second kappa shape index (κ2) is 2.41. The third kappa shape index (κ3) is 1.14. The third-order valence-electron chi connectivity index (χ3n) is 5.41. The van der Waals surface area contributed by atoms with Crippen molar-refractivity contribution in [2.24, 2.45) is 16.7 Å². The Hall–Kier alpha value is 0.0649. The van der Waals surface area contributed by atoms with E-state index in [9.17, 15) is 0 Å². The highest BCUT2D eigenvalue weighted by atomic mass is 14.6. The zero-order valence-electron chi connectivity index (χ0n) is 9.60. The van der Waals surface area contributed by atoms with Gasteiger partial charge in [-0.3, -0.25) is 0 Å². The van der Waals surface area contributed by atoms with Crippen molar-refractivity contribution in [1.29, 1.82) is 0 Å². The van der Waals surface area contributed by atoms with Gasteiger partial charge in [-0.25, -0.2) is 0 Å². The molecular formula is C13H21B. The van der Waals surface area contributed by atoms with Crippen LogP contribution < -0.4 is 0 Å². The Morgan fingerprint density at radius 2 is 1.86 bits per heavy atom. The molecule has 2 radical (unpaired) electrons. The van der Waals surface area contributed by atoms with Gasteiger partial charge < -0.3 is 0 Å². The first kappa shape index (κ1) is 9.30. The molecule has 4 atom stereocenters. The molecule has 0 aromatic rings. The number of rotatable bonds is 0. The Balaban J connectivity index is 2.04. The van der Waals surface area contributed by atoms with Gasteiger partial charge in [0.2, 0.25) is 0 Å². The molecule has 0 N–H and O–H groups in total. The van der Waals surface area contributed by atoms with Crippen LogP contribution in [0.15, 0.2) is 0 Å². The summed E-state index contributed by atoms with van der Waals surface area (Å²) in [6.45, 7) is 5.01. The van der Waals surface area contributed by atoms with Crippen molar-refractivity contribution in [2.75, 3.05) is 0 Å². The molecular weight excluding hydrogens is 167 g/mol. The topological polar surface area (TPSA) is 0 Å². The Labute approximate surface area is 89.3 Å². The van der Waals surface area contributed by atoms with Gasteiger partial charge in [0.15, 0.2) is 0 Å². The normalized spacial score (nSPS) is 61.4. The maximum absolute atomic E-state index is 6.56. The van der Waals surface area contributed by atoms with Gasteiger partial charge in [-0.05, 0) is 36.0 Å². The smallest absolute Gasteiger partial charge is 0.0653 e. The van der Waals surface area contributed by atoms with E-state index in [4.69, 9.17) is 7.85 Å². The van der Waals surface area contributed by atoms with E-state index in [1.807, 2.05) is 0 Å². The summed E-state index contributed by atoms with van der Waals surface area (Å²) in [5.74, 6) is 0.939. The highest BCUT2D eigenvalue weighted by molar-refractivity contribution is 6.15. The van der Waals surface area contributed by atoms with E-state index in [0.29, 0.717) is 10.8 Å². The number of fused-ring (bicyclic) bond motifs is 2. The predicted molar refractivity (Wildman–Crippen MR) is 60.5 cm³/mol. The van der Waals surface area contributed by atoms with Crippen LogP contribution in [0.2, 0.25) is 5.31 Å². The zero-order chi connectivity index (χ0) is 10.0. The van der Waals surface area contributed by atoms with E-state index in [0.717, 1.165) is 5.92 Å². The van der Waals surface area contributed by atoms with Gasteiger partial charge in [-0.2, -0.15) is 0 Å². The molecule has 0 heterocycles. The van der Waals surface area contributed by atoms with Crippen molar-refractivity contribution >= 4 is 7.85 Å². The fourth-order valence-corrected chi connectivity index (χ4v) is 5.23. The highest BCUT2D eigenvalue weighted by Crippen LogP contribution is 2.70. The van der Waals surface area contributed by atoms with E-state index < -0.39 is 0 Å². The third-order valence-corrected chi connectivity index (χ3v) is 5.41. The molecule has 0 saturated heterocycles. The molecule has 0 nitrogen and oxygen atoms in total. The first-order valence-corrected chi connectivity index (χ1v) is 6.22. The first-order valence-electron chi connectivity index (χ1n) is 6.22. The van der Waals surface area contributed by atoms with E-state index in [1.165, 1.54) is 44.9 Å². The van der Waals surface area contributed by atoms with E-state index >= 15 is 0 Å². The lowest BCUT2D eigenvalue weighted by Crippen LogP contribution is -2.29. The lowest BCUT2D eigenvalue weighted by molar-refractivity contribution is 0.179. The summed E-state index contributed by atoms with van der Waals surface area (Å²) in [6, 6.07) is 0. The van der Waals surface area contributed by atoms with E-state index in [1.54, 1.807) is 0 Å². The molecule has 3 bridgehead atoms. The van der Waals surface area contributed by atoms with Gasteiger partial charge in [-0.1, -0.05) is 44.8 Å². The Morgan fingerprint density at radius 3 is 2.64 bits per heavy atom. The average Bonchev–Trinajstić information content (AvgIpc) is 2.10. The molecule has 3 rings (SSSR count). The van der Waals surface area contributed by atoms with Crippen LogP contribution in [0.25, 0.3) is 0 Å². The summed E-state index contributed by atoms with van der Waals surface area (Å²) in [5.41, 5.74) is 1.24. The van der Waals surface area contributed by atoms with E-state index in [2.05, 4.69) is 13.8 Å². The van der Waals surface area contributed by atoms with Crippen LogP contribution in [0.5, 0.6) is 0 Å². The van der Waals surface area contributed by atoms with E-state index in [-0.39, 0.29) is 5.31 Å². The molecule has 3 saturated carbocycles. The molecule has 3 aliphatic rings. The van der Waals surface area contributed by atoms with Gasteiger partial charge in [0.25, 0.3) is 0 Å². The van der Waals surface area contributed by atoms with Gasteiger partial charge >= 0.3 is 0 Å². The maximum atomic E-state index is 6.56. The lowest BCUT2D eigenvalue weighted by Gasteiger charge is -2.43. The quantitative estimate of drug-likeness (QED) is 0.508. The molecule has 0 spiro atoms. The molecule has 0 aromatic heterocycles. The summed E-state index contributed by atoms with van der Waals surface area (Å²) < 4.78 is 0. The fraction of sp³-hybridized carbons (Fsp3) is 1.00. The van der Waals surface area contributed by atoms with Gasteiger partial charge in [0.05, 0.1) is 7.85 Å². The summed E-state index contributed by atoms with van der Waals surface area (Å²) in [4.78, 5) is 0. The Bertz CT molecular complexity index is 268. The fourth-order valence-electron chi connectivity index (χ4n) is 5.23. The van der Waals surface area contributed by atoms with Gasteiger partial charge in [0.1, 0.15) is 0 Å². The average molecular weight is 188 g/mol. The molecule has 3 fully saturated rings. The summed E-state index contributed by atoms with van der Waals surface area (Å²) in [7, 11) is 6.56. The summed E-state index contributed by atoms with van der Waals surface area (Å²) in [6.07, 6.45) is 9.62. The van der Waals surface area contributed by atoms with Crippen molar-refractivity contribution in [3.05, 3.63) is 0 Å². The van der Waals surface area contributed by atoms with Crippen LogP contribution >= 0.6 is 0 Å². The van der Waals surface area contributed by atoms with Crippen LogP contribution in [0.3, 0.4) is 0 Å². The molecule has 4 unspecified atom stereocenters. The monoisotopic (exact) mass is 188 g/mol. The maximum Gasteiger partial charge on any atom is 0.0746 e. The second-order valence-electron chi connectivity index (χ2n) is 7.14. The highest BCUT2D eigenvalue weighted by Gasteiger charge is 2.57. The molecule has 0 aromatic carbocycles. The van der Waals surface area contributed by atoms with Crippen molar-refractivity contribution < 1.29 is 0 Å². The number of hydrogen-bond acceptors (Lipinski definition) is 0. The molecule has 14 heavy (non-hydrogen) atoms. The van der Waals surface area contributed by atoms with Crippen molar-refractivity contribution in [3.8, 4) is 0 Å². The van der Waals surface area contributed by atoms with Crippen molar-refractivity contribution in [2.45, 2.75) is 64.1 Å². The lowest BCUT2D eigenvalue weighted by atomic mass is 9.52. The van der Waals surface area contributed by atoms with Crippen LogP contribution in [0.4, 0.5) is 0 Å². The zero-order valence-corrected chi connectivity index (χ0v) is 9.60. The Morgan fingerprint density at radius 1 is 1.07 bits per heavy atom. The largest absolute Gasteiger partial charge is 0.0746 e. The van der Waals surface area contributed by atoms with Crippen LogP contribution in [-0.4, -0.2) is 7.85 Å². The van der Waals surface area contributed by atoms with Gasteiger partial charge in [-0.15, -0.1) is 0 Å². The minimum absolute atomic E-state index is 0.214. The molecule has 76 valence electrons. The standard InChI is InChI=1S/C13H21B/c1-11-6-10-7-13(14,9-11)5-3-4-12(10,2)8-11/h10H,3-9H2,1-2H3. The minimum atomic E-state index is 0.214. The molecule has 1 heteroatoms. The van der Waals surface area contributed by atoms with Crippen LogP contribution in [0.1, 0.15) is 58.8 Å². The number of hydrogen-bond donors (Lipinski definition) is 0. The summed E-state index contributed by atoms with van der Waals surface area (Å²) >= 11 is 0.